The Morgan fingerprint density at radius 2 is 2.50 bits per heavy atom. The van der Waals surface area contributed by atoms with Gasteiger partial charge in [-0.25, -0.2) is 4.98 Å². The summed E-state index contributed by atoms with van der Waals surface area (Å²) in [6.45, 7) is 1.93. The number of pyridine rings is 1. The van der Waals surface area contributed by atoms with E-state index in [9.17, 15) is 9.90 Å². The van der Waals surface area contributed by atoms with Crippen LogP contribution in [0.15, 0.2) is 18.3 Å². The highest BCUT2D eigenvalue weighted by atomic mass is 32.2. The van der Waals surface area contributed by atoms with Gasteiger partial charge in [0.05, 0.1) is 0 Å². The molecule has 1 fully saturated rings. The van der Waals surface area contributed by atoms with Crippen molar-refractivity contribution in [3.63, 3.8) is 0 Å². The van der Waals surface area contributed by atoms with Crippen molar-refractivity contribution in [2.24, 2.45) is 0 Å². The monoisotopic (exact) mass is 238 g/mol. The number of hydrogen-bond donors (Lipinski definition) is 2. The predicted molar refractivity (Wildman–Crippen MR) is 64.5 cm³/mol. The molecule has 1 aromatic heterocycles. The van der Waals surface area contributed by atoms with Gasteiger partial charge >= 0.3 is 0 Å². The van der Waals surface area contributed by atoms with Crippen LogP contribution in [0.2, 0.25) is 0 Å². The van der Waals surface area contributed by atoms with Crippen LogP contribution in [-0.4, -0.2) is 33.1 Å². The van der Waals surface area contributed by atoms with Gasteiger partial charge in [0.1, 0.15) is 5.82 Å². The Balaban J connectivity index is 2.07. The van der Waals surface area contributed by atoms with Crippen molar-refractivity contribution in [2.45, 2.75) is 18.9 Å². The molecule has 0 radical (unpaired) electrons. The maximum absolute atomic E-state index is 11.8. The number of carbonyl (C=O) groups excluding carboxylic acids is 1. The first kappa shape index (κ1) is 11.4. The molecule has 1 aromatic rings. The number of nitrogens with zero attached hydrogens (tertiary/aromatic N) is 1. The van der Waals surface area contributed by atoms with Crippen molar-refractivity contribution < 1.29 is 9.90 Å². The molecular formula is C11H14N2O2S. The van der Waals surface area contributed by atoms with E-state index >= 15 is 0 Å². The smallest absolute Gasteiger partial charge is 0.258 e. The summed E-state index contributed by atoms with van der Waals surface area (Å²) in [7, 11) is 0. The maximum Gasteiger partial charge on any atom is 0.258 e. The summed E-state index contributed by atoms with van der Waals surface area (Å²) in [5.74, 6) is 1.43. The third-order valence-corrected chi connectivity index (χ3v) is 3.76. The van der Waals surface area contributed by atoms with Gasteiger partial charge in [0.25, 0.3) is 5.91 Å². The van der Waals surface area contributed by atoms with Gasteiger partial charge in [0, 0.05) is 11.9 Å². The molecule has 1 aliphatic heterocycles. The second-order valence-electron chi connectivity index (χ2n) is 4.01. The standard InChI is InChI=1S/C11H14N2O2S/c1-8-2-4-12-9(6-8)13-10(14)11(15)3-5-16-7-11/h2,4,6,15H,3,5,7H2,1H3,(H,12,13,14). The van der Waals surface area contributed by atoms with Crippen molar-refractivity contribution in [3.05, 3.63) is 23.9 Å². The van der Waals surface area contributed by atoms with E-state index in [1.165, 1.54) is 0 Å². The van der Waals surface area contributed by atoms with Crippen LogP contribution >= 0.6 is 11.8 Å². The molecule has 1 amide bonds. The second kappa shape index (κ2) is 4.43. The number of rotatable bonds is 2. The van der Waals surface area contributed by atoms with Crippen molar-refractivity contribution in [3.8, 4) is 0 Å². The minimum Gasteiger partial charge on any atom is -0.379 e. The van der Waals surface area contributed by atoms with Gasteiger partial charge in [0.15, 0.2) is 5.60 Å². The van der Waals surface area contributed by atoms with E-state index in [4.69, 9.17) is 0 Å². The first-order valence-corrected chi connectivity index (χ1v) is 6.30. The number of anilines is 1. The predicted octanol–water partition coefficient (Wildman–Crippen LogP) is 1.20. The highest BCUT2D eigenvalue weighted by Crippen LogP contribution is 2.28. The van der Waals surface area contributed by atoms with Crippen LogP contribution in [-0.2, 0) is 4.79 Å². The van der Waals surface area contributed by atoms with Crippen molar-refractivity contribution in [1.82, 2.24) is 4.98 Å². The van der Waals surface area contributed by atoms with E-state index < -0.39 is 5.60 Å². The minimum absolute atomic E-state index is 0.351. The molecule has 4 nitrogen and oxygen atoms in total. The topological polar surface area (TPSA) is 62.2 Å². The Kier molecular flexibility index (Phi) is 3.16. The molecule has 2 heterocycles. The summed E-state index contributed by atoms with van der Waals surface area (Å²) in [4.78, 5) is 15.9. The molecule has 1 saturated heterocycles. The van der Waals surface area contributed by atoms with E-state index in [1.54, 1.807) is 24.0 Å². The van der Waals surface area contributed by atoms with Crippen LogP contribution in [0, 0.1) is 6.92 Å². The Morgan fingerprint density at radius 3 is 3.12 bits per heavy atom. The van der Waals surface area contributed by atoms with Crippen molar-refractivity contribution in [1.29, 1.82) is 0 Å². The third-order valence-electron chi connectivity index (χ3n) is 2.58. The zero-order chi connectivity index (χ0) is 11.6. The Labute approximate surface area is 98.5 Å². The van der Waals surface area contributed by atoms with Gasteiger partial charge in [-0.05, 0) is 36.8 Å². The lowest BCUT2D eigenvalue weighted by molar-refractivity contribution is -0.131. The van der Waals surface area contributed by atoms with Crippen LogP contribution in [0.4, 0.5) is 5.82 Å². The van der Waals surface area contributed by atoms with E-state index in [0.29, 0.717) is 18.0 Å². The average molecular weight is 238 g/mol. The zero-order valence-electron chi connectivity index (χ0n) is 9.06. The van der Waals surface area contributed by atoms with Gasteiger partial charge in [-0.1, -0.05) is 0 Å². The van der Waals surface area contributed by atoms with Crippen LogP contribution < -0.4 is 5.32 Å². The molecule has 0 aliphatic carbocycles. The first-order chi connectivity index (χ1) is 7.60. The van der Waals surface area contributed by atoms with E-state index in [-0.39, 0.29) is 5.91 Å². The fourth-order valence-corrected chi connectivity index (χ4v) is 2.81. The van der Waals surface area contributed by atoms with Gasteiger partial charge in [-0.15, -0.1) is 0 Å². The molecule has 16 heavy (non-hydrogen) atoms. The summed E-state index contributed by atoms with van der Waals surface area (Å²) in [5.41, 5.74) is -0.200. The lowest BCUT2D eigenvalue weighted by Crippen LogP contribution is -2.43. The number of hydrogen-bond acceptors (Lipinski definition) is 4. The number of nitrogens with one attached hydrogen (secondary N) is 1. The maximum atomic E-state index is 11.8. The summed E-state index contributed by atoms with van der Waals surface area (Å²) in [5, 5.41) is 12.7. The van der Waals surface area contributed by atoms with Gasteiger partial charge in [0.2, 0.25) is 0 Å². The quantitative estimate of drug-likeness (QED) is 0.812. The van der Waals surface area contributed by atoms with Crippen LogP contribution in [0.1, 0.15) is 12.0 Å². The SMILES string of the molecule is Cc1ccnc(NC(=O)C2(O)CCSC2)c1. The first-order valence-electron chi connectivity index (χ1n) is 5.14. The number of aryl methyl sites for hydroxylation is 1. The summed E-state index contributed by atoms with van der Waals surface area (Å²) < 4.78 is 0. The van der Waals surface area contributed by atoms with Gasteiger partial charge < -0.3 is 10.4 Å². The molecule has 1 aliphatic rings. The number of aliphatic hydroxyl groups is 1. The molecule has 2 rings (SSSR count). The number of thioether (sulfide) groups is 1. The summed E-state index contributed by atoms with van der Waals surface area (Å²) in [6.07, 6.45) is 2.15. The van der Waals surface area contributed by atoms with E-state index in [2.05, 4.69) is 10.3 Å². The van der Waals surface area contributed by atoms with Crippen LogP contribution in [0.5, 0.6) is 0 Å². The van der Waals surface area contributed by atoms with Crippen LogP contribution in [0.25, 0.3) is 0 Å². The fraction of sp³-hybridized carbons (Fsp3) is 0.455. The molecule has 1 atom stereocenters. The lowest BCUT2D eigenvalue weighted by atomic mass is 10.0. The zero-order valence-corrected chi connectivity index (χ0v) is 9.88. The minimum atomic E-state index is -1.23. The number of carbonyl (C=O) groups is 1. The Bertz CT molecular complexity index is 403. The van der Waals surface area contributed by atoms with Gasteiger partial charge in [-0.2, -0.15) is 11.8 Å². The van der Waals surface area contributed by atoms with Gasteiger partial charge in [-0.3, -0.25) is 4.79 Å². The molecular weight excluding hydrogens is 224 g/mol. The lowest BCUT2D eigenvalue weighted by Gasteiger charge is -2.19. The summed E-state index contributed by atoms with van der Waals surface area (Å²) in [6, 6.07) is 3.64. The highest BCUT2D eigenvalue weighted by molar-refractivity contribution is 7.99. The molecule has 5 heteroatoms. The molecule has 0 aromatic carbocycles. The van der Waals surface area contributed by atoms with Crippen LogP contribution in [0.3, 0.4) is 0 Å². The van der Waals surface area contributed by atoms with E-state index in [1.807, 2.05) is 13.0 Å². The van der Waals surface area contributed by atoms with Crippen molar-refractivity contribution in [2.75, 3.05) is 16.8 Å². The Morgan fingerprint density at radius 1 is 1.69 bits per heavy atom. The highest BCUT2D eigenvalue weighted by Gasteiger charge is 2.39. The Hall–Kier alpha value is -1.07. The van der Waals surface area contributed by atoms with Crippen molar-refractivity contribution >= 4 is 23.5 Å². The third kappa shape index (κ3) is 2.36. The van der Waals surface area contributed by atoms with E-state index in [0.717, 1.165) is 11.3 Å². The molecule has 0 spiro atoms. The number of aromatic nitrogens is 1. The summed E-state index contributed by atoms with van der Waals surface area (Å²) >= 11 is 1.59. The fourth-order valence-electron chi connectivity index (χ4n) is 1.57. The molecule has 86 valence electrons. The average Bonchev–Trinajstić information content (AvgIpc) is 2.66. The largest absolute Gasteiger partial charge is 0.379 e. The molecule has 2 N–H and O–H groups in total. The normalized spacial score (nSPS) is 24.4. The second-order valence-corrected chi connectivity index (χ2v) is 5.11. The molecule has 0 bridgehead atoms. The molecule has 1 unspecified atom stereocenters. The number of amides is 1. The molecule has 0 saturated carbocycles.